The van der Waals surface area contributed by atoms with Crippen LogP contribution in [-0.2, 0) is 18.3 Å². The Morgan fingerprint density at radius 1 is 1.37 bits per heavy atom. The fourth-order valence-electron chi connectivity index (χ4n) is 3.41. The van der Waals surface area contributed by atoms with Crippen LogP contribution in [0.25, 0.3) is 0 Å². The number of ether oxygens (including phenoxy) is 1. The Kier molecular flexibility index (Phi) is 11.6. The third-order valence-corrected chi connectivity index (χ3v) is 5.00. The van der Waals surface area contributed by atoms with Crippen LogP contribution in [-0.4, -0.2) is 46.5 Å². The third kappa shape index (κ3) is 7.77. The summed E-state index contributed by atoms with van der Waals surface area (Å²) >= 11 is 0. The Hall–Kier alpha value is -1.16. The molecular formula is C19H35IN6O. The van der Waals surface area contributed by atoms with E-state index in [1.165, 1.54) is 25.7 Å². The molecule has 0 amide bonds. The minimum absolute atomic E-state index is 0. The molecule has 2 N–H and O–H groups in total. The molecule has 1 atom stereocenters. The lowest BCUT2D eigenvalue weighted by Gasteiger charge is -2.24. The van der Waals surface area contributed by atoms with Gasteiger partial charge < -0.3 is 19.9 Å². The SMILES string of the molecule is C=CCNC(=NCc1nnc(C)n1C)NCCC(OCC)C1CCCC1.I. The van der Waals surface area contributed by atoms with E-state index in [2.05, 4.69) is 39.3 Å². The number of aryl methyl sites for hydroxylation is 1. The van der Waals surface area contributed by atoms with Crippen molar-refractivity contribution in [2.24, 2.45) is 18.0 Å². The first-order chi connectivity index (χ1) is 12.7. The van der Waals surface area contributed by atoms with Crippen molar-refractivity contribution in [1.29, 1.82) is 0 Å². The molecule has 1 aromatic rings. The van der Waals surface area contributed by atoms with E-state index in [9.17, 15) is 0 Å². The summed E-state index contributed by atoms with van der Waals surface area (Å²) < 4.78 is 7.96. The van der Waals surface area contributed by atoms with Gasteiger partial charge in [0.1, 0.15) is 12.4 Å². The molecule has 1 aliphatic carbocycles. The van der Waals surface area contributed by atoms with Gasteiger partial charge in [0.25, 0.3) is 0 Å². The lowest BCUT2D eigenvalue weighted by Crippen LogP contribution is -2.39. The van der Waals surface area contributed by atoms with E-state index in [4.69, 9.17) is 4.74 Å². The van der Waals surface area contributed by atoms with Crippen molar-refractivity contribution in [3.8, 4) is 0 Å². The van der Waals surface area contributed by atoms with Crippen LogP contribution < -0.4 is 10.6 Å². The van der Waals surface area contributed by atoms with Crippen molar-refractivity contribution >= 4 is 29.9 Å². The number of aliphatic imine (C=N–C) groups is 1. The molecule has 8 heteroatoms. The summed E-state index contributed by atoms with van der Waals surface area (Å²) in [5.74, 6) is 3.22. The Bertz CT molecular complexity index is 583. The van der Waals surface area contributed by atoms with Gasteiger partial charge in [-0.15, -0.1) is 40.8 Å². The smallest absolute Gasteiger partial charge is 0.191 e. The second-order valence-electron chi connectivity index (χ2n) is 6.81. The van der Waals surface area contributed by atoms with Crippen LogP contribution in [0.5, 0.6) is 0 Å². The molecule has 0 aliphatic heterocycles. The van der Waals surface area contributed by atoms with Crippen molar-refractivity contribution in [2.45, 2.75) is 58.6 Å². The van der Waals surface area contributed by atoms with Crippen molar-refractivity contribution in [3.05, 3.63) is 24.3 Å². The van der Waals surface area contributed by atoms with Crippen LogP contribution in [0.2, 0.25) is 0 Å². The fraction of sp³-hybridized carbons (Fsp3) is 0.737. The zero-order valence-electron chi connectivity index (χ0n) is 16.9. The second-order valence-corrected chi connectivity index (χ2v) is 6.81. The number of nitrogens with one attached hydrogen (secondary N) is 2. The molecule has 2 rings (SSSR count). The molecule has 1 heterocycles. The van der Waals surface area contributed by atoms with Crippen LogP contribution in [0.1, 0.15) is 50.7 Å². The second kappa shape index (κ2) is 13.1. The minimum Gasteiger partial charge on any atom is -0.378 e. The lowest BCUT2D eigenvalue weighted by molar-refractivity contribution is 0.0169. The summed E-state index contributed by atoms with van der Waals surface area (Å²) in [4.78, 5) is 4.63. The summed E-state index contributed by atoms with van der Waals surface area (Å²) in [6.45, 7) is 10.5. The molecule has 0 bridgehead atoms. The molecule has 1 unspecified atom stereocenters. The molecule has 27 heavy (non-hydrogen) atoms. The molecule has 0 aromatic carbocycles. The van der Waals surface area contributed by atoms with Gasteiger partial charge in [-0.1, -0.05) is 18.9 Å². The van der Waals surface area contributed by atoms with Gasteiger partial charge in [0.15, 0.2) is 11.8 Å². The van der Waals surface area contributed by atoms with Gasteiger partial charge in [-0.2, -0.15) is 0 Å². The molecule has 0 radical (unpaired) electrons. The van der Waals surface area contributed by atoms with E-state index in [1.54, 1.807) is 0 Å². The molecule has 0 spiro atoms. The highest BCUT2D eigenvalue weighted by molar-refractivity contribution is 14.0. The fourth-order valence-corrected chi connectivity index (χ4v) is 3.41. The average molecular weight is 490 g/mol. The third-order valence-electron chi connectivity index (χ3n) is 5.00. The average Bonchev–Trinajstić information content (AvgIpc) is 3.28. The lowest BCUT2D eigenvalue weighted by atomic mass is 9.98. The van der Waals surface area contributed by atoms with E-state index < -0.39 is 0 Å². The Labute approximate surface area is 180 Å². The van der Waals surface area contributed by atoms with Crippen LogP contribution in [0.3, 0.4) is 0 Å². The predicted molar refractivity (Wildman–Crippen MR) is 120 cm³/mol. The minimum atomic E-state index is 0. The largest absolute Gasteiger partial charge is 0.378 e. The van der Waals surface area contributed by atoms with Crippen LogP contribution >= 0.6 is 24.0 Å². The molecule has 1 saturated carbocycles. The van der Waals surface area contributed by atoms with E-state index in [-0.39, 0.29) is 24.0 Å². The highest BCUT2D eigenvalue weighted by Crippen LogP contribution is 2.30. The Morgan fingerprint density at radius 2 is 2.11 bits per heavy atom. The number of hydrogen-bond donors (Lipinski definition) is 2. The van der Waals surface area contributed by atoms with Gasteiger partial charge in [-0.3, -0.25) is 0 Å². The van der Waals surface area contributed by atoms with Gasteiger partial charge >= 0.3 is 0 Å². The van der Waals surface area contributed by atoms with E-state index in [1.807, 2.05) is 24.6 Å². The summed E-state index contributed by atoms with van der Waals surface area (Å²) in [5, 5.41) is 14.9. The summed E-state index contributed by atoms with van der Waals surface area (Å²) in [6, 6.07) is 0. The first kappa shape index (κ1) is 23.9. The normalized spacial score (nSPS) is 16.0. The molecule has 1 fully saturated rings. The van der Waals surface area contributed by atoms with E-state index >= 15 is 0 Å². The standard InChI is InChI=1S/C19H34N6O.HI/c1-5-12-20-19(22-14-18-24-23-15(3)25(18)4)21-13-11-17(26-6-2)16-9-7-8-10-16;/h5,16-17H,1,6-14H2,2-4H3,(H2,20,21,22);1H. The molecule has 1 aliphatic rings. The van der Waals surface area contributed by atoms with E-state index in [0.29, 0.717) is 25.1 Å². The maximum atomic E-state index is 6.00. The molecule has 0 saturated heterocycles. The molecule has 1 aromatic heterocycles. The number of hydrogen-bond acceptors (Lipinski definition) is 4. The summed E-state index contributed by atoms with van der Waals surface area (Å²) in [6.07, 6.45) is 8.44. The van der Waals surface area contributed by atoms with Gasteiger partial charge in [-0.25, -0.2) is 4.99 Å². The maximum absolute atomic E-state index is 6.00. The first-order valence-corrected chi connectivity index (χ1v) is 9.75. The van der Waals surface area contributed by atoms with Crippen LogP contribution in [0, 0.1) is 12.8 Å². The number of aromatic nitrogens is 3. The summed E-state index contributed by atoms with van der Waals surface area (Å²) in [5.41, 5.74) is 0. The first-order valence-electron chi connectivity index (χ1n) is 9.75. The van der Waals surface area contributed by atoms with Crippen molar-refractivity contribution < 1.29 is 4.74 Å². The van der Waals surface area contributed by atoms with Gasteiger partial charge in [0.05, 0.1) is 6.10 Å². The summed E-state index contributed by atoms with van der Waals surface area (Å²) in [7, 11) is 1.96. The van der Waals surface area contributed by atoms with Crippen LogP contribution in [0.4, 0.5) is 0 Å². The zero-order chi connectivity index (χ0) is 18.8. The van der Waals surface area contributed by atoms with E-state index in [0.717, 1.165) is 37.2 Å². The quantitative estimate of drug-likeness (QED) is 0.228. The molecule has 7 nitrogen and oxygen atoms in total. The predicted octanol–water partition coefficient (Wildman–Crippen LogP) is 2.95. The maximum Gasteiger partial charge on any atom is 0.191 e. The highest BCUT2D eigenvalue weighted by Gasteiger charge is 2.25. The highest BCUT2D eigenvalue weighted by atomic mass is 127. The zero-order valence-corrected chi connectivity index (χ0v) is 19.2. The number of guanidine groups is 1. The topological polar surface area (TPSA) is 76.4 Å². The van der Waals surface area contributed by atoms with Crippen LogP contribution in [0.15, 0.2) is 17.6 Å². The van der Waals surface area contributed by atoms with Gasteiger partial charge in [0, 0.05) is 26.7 Å². The van der Waals surface area contributed by atoms with Crippen molar-refractivity contribution in [1.82, 2.24) is 25.4 Å². The molecular weight excluding hydrogens is 455 g/mol. The van der Waals surface area contributed by atoms with Crippen molar-refractivity contribution in [2.75, 3.05) is 19.7 Å². The van der Waals surface area contributed by atoms with Gasteiger partial charge in [-0.05, 0) is 39.0 Å². The number of nitrogens with zero attached hydrogens (tertiary/aromatic N) is 4. The monoisotopic (exact) mass is 490 g/mol. The number of rotatable bonds is 10. The van der Waals surface area contributed by atoms with Crippen molar-refractivity contribution in [3.63, 3.8) is 0 Å². The molecule has 154 valence electrons. The Morgan fingerprint density at radius 3 is 2.70 bits per heavy atom. The number of halogens is 1. The Balaban J connectivity index is 0.00000364. The van der Waals surface area contributed by atoms with Gasteiger partial charge in [0.2, 0.25) is 0 Å².